The molecule has 1 nitrogen and oxygen atoms in total. The molecule has 0 aliphatic rings. The molecular formula is C7H16BaO. The molecule has 9 heavy (non-hydrogen) atoms. The topological polar surface area (TPSA) is 20.2 Å². The molecule has 0 saturated heterocycles. The number of hydrogen-bond acceptors (Lipinski definition) is 1. The van der Waals surface area contributed by atoms with Gasteiger partial charge in [0.25, 0.3) is 0 Å². The molecule has 0 rings (SSSR count). The van der Waals surface area contributed by atoms with E-state index >= 15 is 0 Å². The second-order valence-corrected chi connectivity index (χ2v) is 6.12. The average Bonchev–Trinajstić information content (AvgIpc) is 1.89. The van der Waals surface area contributed by atoms with Crippen molar-refractivity contribution in [2.24, 2.45) is 0 Å². The van der Waals surface area contributed by atoms with Gasteiger partial charge in [-0.25, -0.2) is 0 Å². The van der Waals surface area contributed by atoms with Crippen molar-refractivity contribution < 1.29 is 0.427 Å². The molecule has 0 spiro atoms. The average molecular weight is 254 g/mol. The zero-order valence-corrected chi connectivity index (χ0v) is 10.8. The van der Waals surface area contributed by atoms with Crippen molar-refractivity contribution in [2.75, 3.05) is 0 Å². The molecule has 0 aliphatic carbocycles. The molecule has 0 aromatic carbocycles. The molecule has 0 radical (unpaired) electrons. The van der Waals surface area contributed by atoms with Crippen LogP contribution in [-0.2, 0) is 0 Å². The van der Waals surface area contributed by atoms with Gasteiger partial charge in [0.2, 0.25) is 0 Å². The van der Waals surface area contributed by atoms with E-state index in [1.54, 1.807) is 0 Å². The first-order valence-corrected chi connectivity index (χ1v) is 9.15. The Bertz CT molecular complexity index is 42.2. The standard InChI is InChI=1S/C7H15.Ba.H2O/c1-3-5-7-6-4-2;;/h1,3-7H2,2H3;;1H2/q;+1;/p-1. The summed E-state index contributed by atoms with van der Waals surface area (Å²) in [5.74, 6) is 0. The Kier molecular flexibility index (Phi) is 11.2. The fourth-order valence-corrected chi connectivity index (χ4v) is 2.70. The number of unbranched alkanes of at least 4 members (excludes halogenated alkanes) is 4. The quantitative estimate of drug-likeness (QED) is 0.567. The van der Waals surface area contributed by atoms with Crippen LogP contribution in [0.3, 0.4) is 0 Å². The van der Waals surface area contributed by atoms with Gasteiger partial charge in [0, 0.05) is 0 Å². The Morgan fingerprint density at radius 2 is 1.78 bits per heavy atom. The Labute approximate surface area is 83.9 Å². The van der Waals surface area contributed by atoms with Gasteiger partial charge in [0.05, 0.1) is 0 Å². The second kappa shape index (κ2) is 9.53. The number of rotatable bonds is 6. The van der Waals surface area contributed by atoms with Crippen molar-refractivity contribution >= 4 is 44.9 Å². The zero-order valence-electron chi connectivity index (χ0n) is 6.40. The van der Waals surface area contributed by atoms with E-state index in [-0.39, 0.29) is 0 Å². The summed E-state index contributed by atoms with van der Waals surface area (Å²) in [6.07, 6.45) is 6.74. The van der Waals surface area contributed by atoms with Crippen LogP contribution in [0.15, 0.2) is 0 Å². The maximum atomic E-state index is 8.65. The molecule has 0 unspecified atom stereocenters. The zero-order chi connectivity index (χ0) is 6.95. The molecule has 52 valence electrons. The SMILES string of the molecule is CCCCCC[CH2][Ba][OH]. The van der Waals surface area contributed by atoms with Crippen LogP contribution < -0.4 is 0 Å². The molecule has 0 saturated carbocycles. The van der Waals surface area contributed by atoms with Gasteiger partial charge < -0.3 is 0 Å². The third-order valence-electron chi connectivity index (χ3n) is 1.51. The summed E-state index contributed by atoms with van der Waals surface area (Å²) in [5.41, 5.74) is 0. The minimum atomic E-state index is -1.21. The van der Waals surface area contributed by atoms with Crippen LogP contribution in [0.5, 0.6) is 0 Å². The van der Waals surface area contributed by atoms with Crippen LogP contribution in [-0.4, -0.2) is 45.3 Å². The van der Waals surface area contributed by atoms with E-state index in [2.05, 4.69) is 6.92 Å². The maximum absolute atomic E-state index is 8.65. The van der Waals surface area contributed by atoms with Gasteiger partial charge >= 0.3 is 85.2 Å². The molecule has 0 fully saturated rings. The van der Waals surface area contributed by atoms with Gasteiger partial charge in [-0.1, -0.05) is 0 Å². The van der Waals surface area contributed by atoms with Gasteiger partial charge in [-0.15, -0.1) is 0 Å². The van der Waals surface area contributed by atoms with Crippen LogP contribution in [0.25, 0.3) is 0 Å². The van der Waals surface area contributed by atoms with Gasteiger partial charge in [0.1, 0.15) is 0 Å². The monoisotopic (exact) mass is 254 g/mol. The molecule has 0 bridgehead atoms. The predicted octanol–water partition coefficient (Wildman–Crippen LogP) is 1.99. The summed E-state index contributed by atoms with van der Waals surface area (Å²) in [6.45, 7) is 2.23. The summed E-state index contributed by atoms with van der Waals surface area (Å²) in [6, 6.07) is 0. The fraction of sp³-hybridized carbons (Fsp3) is 1.00. The summed E-state index contributed by atoms with van der Waals surface area (Å²) >= 11 is -1.21. The molecule has 0 aromatic heterocycles. The third-order valence-corrected chi connectivity index (χ3v) is 4.07. The van der Waals surface area contributed by atoms with Crippen molar-refractivity contribution in [2.45, 2.75) is 39.9 Å². The third kappa shape index (κ3) is 9.53. The normalized spacial score (nSPS) is 9.11. The van der Waals surface area contributed by atoms with Gasteiger partial charge in [0.15, 0.2) is 0 Å². The molecule has 0 aliphatic heterocycles. The van der Waals surface area contributed by atoms with E-state index in [0.717, 1.165) is 0 Å². The van der Waals surface area contributed by atoms with Crippen molar-refractivity contribution in [3.05, 3.63) is 0 Å². The van der Waals surface area contributed by atoms with E-state index in [4.69, 9.17) is 0.427 Å². The fourth-order valence-electron chi connectivity index (χ4n) is 0.892. The summed E-state index contributed by atoms with van der Waals surface area (Å²) in [5, 5.41) is 0. The van der Waals surface area contributed by atoms with Gasteiger partial charge in [-0.3, -0.25) is 0 Å². The van der Waals surface area contributed by atoms with Crippen molar-refractivity contribution in [3.8, 4) is 0 Å². The number of hydrogen-bond donors (Lipinski definition) is 1. The van der Waals surface area contributed by atoms with Crippen molar-refractivity contribution in [3.63, 3.8) is 0 Å². The minimum absolute atomic E-state index is 1.21. The van der Waals surface area contributed by atoms with Crippen LogP contribution in [0, 0.1) is 0 Å². The Morgan fingerprint density at radius 1 is 1.11 bits per heavy atom. The van der Waals surface area contributed by atoms with E-state index in [1.807, 2.05) is 0 Å². The van der Waals surface area contributed by atoms with Gasteiger partial charge in [-0.05, 0) is 0 Å². The van der Waals surface area contributed by atoms with E-state index < -0.39 is 44.9 Å². The van der Waals surface area contributed by atoms with E-state index in [1.165, 1.54) is 33.0 Å². The molecule has 1 N–H and O–H groups in total. The molecule has 0 amide bonds. The first kappa shape index (κ1) is 10.5. The van der Waals surface area contributed by atoms with Crippen LogP contribution in [0.2, 0.25) is 0.889 Å². The first-order valence-electron chi connectivity index (χ1n) is 4.02. The Balaban J connectivity index is 2.60. The van der Waals surface area contributed by atoms with Crippen LogP contribution in [0.1, 0.15) is 39.0 Å². The van der Waals surface area contributed by atoms with E-state index in [9.17, 15) is 0 Å². The summed E-state index contributed by atoms with van der Waals surface area (Å²) in [7, 11) is 0. The molecule has 2 heteroatoms. The van der Waals surface area contributed by atoms with Gasteiger partial charge in [-0.2, -0.15) is 0 Å². The van der Waals surface area contributed by atoms with E-state index in [0.29, 0.717) is 0 Å². The van der Waals surface area contributed by atoms with Crippen LogP contribution >= 0.6 is 0 Å². The van der Waals surface area contributed by atoms with Crippen molar-refractivity contribution in [1.29, 1.82) is 0 Å². The molecule has 0 heterocycles. The summed E-state index contributed by atoms with van der Waals surface area (Å²) in [4.78, 5) is 0. The second-order valence-electron chi connectivity index (χ2n) is 2.49. The van der Waals surface area contributed by atoms with Crippen molar-refractivity contribution in [1.82, 2.24) is 0 Å². The molecule has 0 aromatic rings. The molecule has 0 atom stereocenters. The Hall–Kier alpha value is 1.53. The Morgan fingerprint density at radius 3 is 2.33 bits per heavy atom. The first-order chi connectivity index (χ1) is 4.41. The van der Waals surface area contributed by atoms with Crippen LogP contribution in [0.4, 0.5) is 0 Å². The summed E-state index contributed by atoms with van der Waals surface area (Å²) < 4.78 is 9.86. The predicted molar refractivity (Wildman–Crippen MR) is 41.5 cm³/mol. The molecular weight excluding hydrogens is 237 g/mol.